The molecule has 3 amide bonds. The number of rotatable bonds is 3. The van der Waals surface area contributed by atoms with Crippen LogP contribution in [0.4, 0.5) is 19.4 Å². The molecule has 0 unspecified atom stereocenters. The number of hydrogen-bond acceptors (Lipinski definition) is 3. The van der Waals surface area contributed by atoms with Crippen LogP contribution in [0, 0.1) is 11.6 Å². The van der Waals surface area contributed by atoms with E-state index >= 15 is 0 Å². The fourth-order valence-electron chi connectivity index (χ4n) is 3.28. The molecule has 1 aromatic carbocycles. The predicted octanol–water partition coefficient (Wildman–Crippen LogP) is 3.50. The molecule has 0 aliphatic carbocycles. The molecule has 2 heterocycles. The smallest absolute Gasteiger partial charge is 0.323 e. The van der Waals surface area contributed by atoms with Crippen molar-refractivity contribution < 1.29 is 18.4 Å². The Kier molecular flexibility index (Phi) is 5.87. The van der Waals surface area contributed by atoms with Gasteiger partial charge in [-0.3, -0.25) is 10.1 Å². The molecule has 28 heavy (non-hydrogen) atoms. The van der Waals surface area contributed by atoms with E-state index in [-0.39, 0.29) is 23.5 Å². The van der Waals surface area contributed by atoms with Crippen molar-refractivity contribution in [3.8, 4) is 11.1 Å². The zero-order valence-electron chi connectivity index (χ0n) is 15.8. The number of nitrogens with zero attached hydrogens (tertiary/aromatic N) is 3. The number of piperidine rings is 1. The summed E-state index contributed by atoms with van der Waals surface area (Å²) in [6.45, 7) is 2.80. The average Bonchev–Trinajstić information content (AvgIpc) is 2.70. The first-order chi connectivity index (χ1) is 13.3. The van der Waals surface area contributed by atoms with Gasteiger partial charge in [-0.2, -0.15) is 0 Å². The zero-order chi connectivity index (χ0) is 20.3. The Labute approximate surface area is 162 Å². The Morgan fingerprint density at radius 1 is 1.18 bits per heavy atom. The van der Waals surface area contributed by atoms with Crippen LogP contribution in [0.15, 0.2) is 36.5 Å². The van der Waals surface area contributed by atoms with Crippen molar-refractivity contribution >= 4 is 17.8 Å². The molecular weight excluding hydrogens is 366 g/mol. The predicted molar refractivity (Wildman–Crippen MR) is 102 cm³/mol. The molecule has 148 valence electrons. The van der Waals surface area contributed by atoms with Crippen LogP contribution in [0.5, 0.6) is 0 Å². The summed E-state index contributed by atoms with van der Waals surface area (Å²) in [5, 5.41) is 2.71. The maximum Gasteiger partial charge on any atom is 0.323 e. The summed E-state index contributed by atoms with van der Waals surface area (Å²) in [7, 11) is 1.71. The average molecular weight is 388 g/mol. The summed E-state index contributed by atoms with van der Waals surface area (Å²) in [5.74, 6) is -0.717. The van der Waals surface area contributed by atoms with Crippen molar-refractivity contribution in [2.75, 3.05) is 25.5 Å². The van der Waals surface area contributed by atoms with Gasteiger partial charge in [0.15, 0.2) is 0 Å². The van der Waals surface area contributed by atoms with E-state index in [2.05, 4.69) is 10.3 Å². The zero-order valence-corrected chi connectivity index (χ0v) is 15.8. The van der Waals surface area contributed by atoms with Gasteiger partial charge in [0.25, 0.3) is 0 Å². The highest BCUT2D eigenvalue weighted by Gasteiger charge is 2.26. The van der Waals surface area contributed by atoms with Gasteiger partial charge in [0.1, 0.15) is 17.5 Å². The number of pyridine rings is 1. The topological polar surface area (TPSA) is 65.5 Å². The van der Waals surface area contributed by atoms with E-state index in [0.717, 1.165) is 18.2 Å². The van der Waals surface area contributed by atoms with Crippen LogP contribution in [0.2, 0.25) is 0 Å². The van der Waals surface area contributed by atoms with Crippen molar-refractivity contribution in [2.45, 2.75) is 25.8 Å². The molecule has 0 spiro atoms. The second-order valence-electron chi connectivity index (χ2n) is 6.83. The van der Waals surface area contributed by atoms with E-state index in [1.807, 2.05) is 0 Å². The van der Waals surface area contributed by atoms with Crippen LogP contribution in [-0.4, -0.2) is 52.9 Å². The Balaban J connectivity index is 1.61. The second kappa shape index (κ2) is 8.33. The number of amides is 3. The number of hydrogen-bond donors (Lipinski definition) is 1. The number of urea groups is 1. The first-order valence-corrected chi connectivity index (χ1v) is 9.06. The summed E-state index contributed by atoms with van der Waals surface area (Å²) < 4.78 is 27.2. The van der Waals surface area contributed by atoms with Crippen molar-refractivity contribution in [3.63, 3.8) is 0 Å². The third-order valence-electron chi connectivity index (χ3n) is 5.02. The highest BCUT2D eigenvalue weighted by Crippen LogP contribution is 2.24. The van der Waals surface area contributed by atoms with Gasteiger partial charge in [0.05, 0.1) is 0 Å². The van der Waals surface area contributed by atoms with Gasteiger partial charge in [0, 0.05) is 50.4 Å². The van der Waals surface area contributed by atoms with Crippen molar-refractivity contribution in [1.82, 2.24) is 14.8 Å². The monoisotopic (exact) mass is 388 g/mol. The molecule has 6 nitrogen and oxygen atoms in total. The van der Waals surface area contributed by atoms with Crippen LogP contribution in [0.3, 0.4) is 0 Å². The number of aromatic nitrogens is 1. The van der Waals surface area contributed by atoms with Crippen LogP contribution in [0.1, 0.15) is 19.8 Å². The maximum absolute atomic E-state index is 13.9. The molecule has 1 fully saturated rings. The van der Waals surface area contributed by atoms with E-state index in [9.17, 15) is 18.4 Å². The number of benzene rings is 1. The minimum Gasteiger partial charge on any atom is -0.343 e. The quantitative estimate of drug-likeness (QED) is 0.875. The molecule has 0 radical (unpaired) electrons. The number of likely N-dealkylation sites (tertiary alicyclic amines) is 1. The molecule has 0 bridgehead atoms. The van der Waals surface area contributed by atoms with E-state index in [1.165, 1.54) is 6.20 Å². The molecule has 8 heteroatoms. The first-order valence-electron chi connectivity index (χ1n) is 9.06. The van der Waals surface area contributed by atoms with Crippen LogP contribution >= 0.6 is 0 Å². The molecule has 1 saturated heterocycles. The van der Waals surface area contributed by atoms with Crippen molar-refractivity contribution in [2.24, 2.45) is 0 Å². The van der Waals surface area contributed by atoms with E-state index in [4.69, 9.17) is 0 Å². The van der Waals surface area contributed by atoms with Crippen LogP contribution in [0.25, 0.3) is 11.1 Å². The highest BCUT2D eigenvalue weighted by atomic mass is 19.1. The fourth-order valence-corrected chi connectivity index (χ4v) is 3.28. The SMILES string of the molecule is CC(=O)N1CCC(N(C)C(=O)Nc2ccc(-c3cc(F)ccc3F)cn2)CC1. The molecule has 1 aliphatic heterocycles. The summed E-state index contributed by atoms with van der Waals surface area (Å²) in [6.07, 6.45) is 2.82. The lowest BCUT2D eigenvalue weighted by atomic mass is 10.0. The van der Waals surface area contributed by atoms with E-state index < -0.39 is 11.6 Å². The van der Waals surface area contributed by atoms with Crippen LogP contribution < -0.4 is 5.32 Å². The molecule has 1 aromatic heterocycles. The normalized spacial score (nSPS) is 14.6. The van der Waals surface area contributed by atoms with Gasteiger partial charge >= 0.3 is 6.03 Å². The molecule has 1 aliphatic rings. The molecule has 3 rings (SSSR count). The summed E-state index contributed by atoms with van der Waals surface area (Å²) >= 11 is 0. The maximum atomic E-state index is 13.9. The summed E-state index contributed by atoms with van der Waals surface area (Å²) in [6, 6.07) is 6.07. The second-order valence-corrected chi connectivity index (χ2v) is 6.83. The largest absolute Gasteiger partial charge is 0.343 e. The Morgan fingerprint density at radius 2 is 1.89 bits per heavy atom. The van der Waals surface area contributed by atoms with Gasteiger partial charge in [-0.05, 0) is 43.2 Å². The van der Waals surface area contributed by atoms with Gasteiger partial charge in [-0.1, -0.05) is 0 Å². The first kappa shape index (κ1) is 19.7. The summed E-state index contributed by atoms with van der Waals surface area (Å²) in [5.41, 5.74) is 0.527. The molecule has 1 N–H and O–H groups in total. The van der Waals surface area contributed by atoms with Crippen molar-refractivity contribution in [3.05, 3.63) is 48.2 Å². The van der Waals surface area contributed by atoms with Gasteiger partial charge in [-0.25, -0.2) is 18.6 Å². The minimum absolute atomic E-state index is 0.0382. The number of halogens is 2. The fraction of sp³-hybridized carbons (Fsp3) is 0.350. The number of carbonyl (C=O) groups excluding carboxylic acids is 2. The Morgan fingerprint density at radius 3 is 2.50 bits per heavy atom. The van der Waals surface area contributed by atoms with Gasteiger partial charge in [0.2, 0.25) is 5.91 Å². The number of anilines is 1. The highest BCUT2D eigenvalue weighted by molar-refractivity contribution is 5.88. The Hall–Kier alpha value is -3.03. The third-order valence-corrected chi connectivity index (χ3v) is 5.02. The number of carbonyl (C=O) groups is 2. The number of nitrogens with one attached hydrogen (secondary N) is 1. The standard InChI is InChI=1S/C20H22F2N4O2/c1-13(27)26-9-7-16(8-10-26)25(2)20(28)24-19-6-3-14(12-23-19)17-11-15(21)4-5-18(17)22/h3-6,11-12,16H,7-10H2,1-2H3,(H,23,24,28). The lowest BCUT2D eigenvalue weighted by Crippen LogP contribution is -2.48. The van der Waals surface area contributed by atoms with Gasteiger partial charge < -0.3 is 9.80 Å². The lowest BCUT2D eigenvalue weighted by Gasteiger charge is -2.36. The van der Waals surface area contributed by atoms with E-state index in [1.54, 1.807) is 35.9 Å². The summed E-state index contributed by atoms with van der Waals surface area (Å²) in [4.78, 5) is 31.4. The lowest BCUT2D eigenvalue weighted by molar-refractivity contribution is -0.130. The van der Waals surface area contributed by atoms with Crippen LogP contribution in [-0.2, 0) is 4.79 Å². The van der Waals surface area contributed by atoms with Gasteiger partial charge in [-0.15, -0.1) is 0 Å². The molecule has 2 aromatic rings. The molecule has 0 saturated carbocycles. The molecular formula is C20H22F2N4O2. The Bertz CT molecular complexity index is 865. The van der Waals surface area contributed by atoms with Crippen molar-refractivity contribution in [1.29, 1.82) is 0 Å². The third kappa shape index (κ3) is 4.44. The molecule has 0 atom stereocenters. The van der Waals surface area contributed by atoms with E-state index in [0.29, 0.717) is 37.3 Å². The minimum atomic E-state index is -0.545.